The highest BCUT2D eigenvalue weighted by molar-refractivity contribution is 5.85. The van der Waals surface area contributed by atoms with Crippen LogP contribution in [-0.4, -0.2) is 26.4 Å². The van der Waals surface area contributed by atoms with Crippen LogP contribution >= 0.6 is 0 Å². The van der Waals surface area contributed by atoms with E-state index in [1.807, 2.05) is 0 Å². The summed E-state index contributed by atoms with van der Waals surface area (Å²) in [6, 6.07) is 11.1. The zero-order chi connectivity index (χ0) is 14.0. The number of hydrogen-bond acceptors (Lipinski definition) is 4. The van der Waals surface area contributed by atoms with Gasteiger partial charge < -0.3 is 20.4 Å². The predicted molar refractivity (Wildman–Crippen MR) is 66.8 cm³/mol. The van der Waals surface area contributed by atoms with Crippen molar-refractivity contribution in [2.75, 3.05) is 0 Å². The third kappa shape index (κ3) is 2.00. The number of hydrogen-bond donors (Lipinski definition) is 4. The van der Waals surface area contributed by atoms with Gasteiger partial charge in [0.1, 0.15) is 11.5 Å². The number of aliphatic hydroxyl groups is 1. The Kier molecular flexibility index (Phi) is 3.14. The molecule has 0 spiro atoms. The Morgan fingerprint density at radius 3 is 1.53 bits per heavy atom. The lowest BCUT2D eigenvalue weighted by atomic mass is 9.85. The van der Waals surface area contributed by atoms with Crippen molar-refractivity contribution in [3.63, 3.8) is 0 Å². The minimum atomic E-state index is -2.52. The second-order valence-corrected chi connectivity index (χ2v) is 4.05. The fourth-order valence-corrected chi connectivity index (χ4v) is 1.93. The van der Waals surface area contributed by atoms with Crippen molar-refractivity contribution in [3.05, 3.63) is 59.7 Å². The summed E-state index contributed by atoms with van der Waals surface area (Å²) in [5, 5.41) is 39.3. The number of aliphatic carboxylic acids is 1. The summed E-state index contributed by atoms with van der Waals surface area (Å²) in [7, 11) is 0. The van der Waals surface area contributed by atoms with Gasteiger partial charge >= 0.3 is 5.97 Å². The number of phenolic OH excluding ortho intramolecular Hbond substituents is 2. The molecule has 0 aromatic heterocycles. The lowest BCUT2D eigenvalue weighted by molar-refractivity contribution is -0.155. The summed E-state index contributed by atoms with van der Waals surface area (Å²) in [6.45, 7) is 0. The molecular weight excluding hydrogens is 248 g/mol. The number of carboxylic acid groups (broad SMARTS) is 1. The highest BCUT2D eigenvalue weighted by Gasteiger charge is 2.43. The second-order valence-electron chi connectivity index (χ2n) is 4.05. The first kappa shape index (κ1) is 12.9. The molecular formula is C14H12O5. The van der Waals surface area contributed by atoms with E-state index in [1.165, 1.54) is 48.5 Å². The molecule has 5 nitrogen and oxygen atoms in total. The minimum absolute atomic E-state index is 0.205. The highest BCUT2D eigenvalue weighted by Crippen LogP contribution is 2.39. The molecule has 0 radical (unpaired) electrons. The normalized spacial score (nSPS) is 11.2. The maximum atomic E-state index is 11.5. The molecule has 0 aliphatic heterocycles. The minimum Gasteiger partial charge on any atom is -0.508 e. The summed E-state index contributed by atoms with van der Waals surface area (Å²) in [4.78, 5) is 11.5. The largest absolute Gasteiger partial charge is 0.508 e. The summed E-state index contributed by atoms with van der Waals surface area (Å²) >= 11 is 0. The Bertz CT molecular complexity index is 575. The molecule has 0 saturated carbocycles. The van der Waals surface area contributed by atoms with E-state index in [9.17, 15) is 25.2 Å². The van der Waals surface area contributed by atoms with E-state index in [0.29, 0.717) is 0 Å². The monoisotopic (exact) mass is 260 g/mol. The smallest absolute Gasteiger partial charge is 0.345 e. The van der Waals surface area contributed by atoms with Gasteiger partial charge in [0.05, 0.1) is 0 Å². The van der Waals surface area contributed by atoms with Crippen molar-refractivity contribution in [2.24, 2.45) is 0 Å². The number of para-hydroxylation sites is 2. The van der Waals surface area contributed by atoms with Gasteiger partial charge in [0.25, 0.3) is 0 Å². The summed E-state index contributed by atoms with van der Waals surface area (Å²) in [6.07, 6.45) is 0. The van der Waals surface area contributed by atoms with E-state index in [1.54, 1.807) is 0 Å². The van der Waals surface area contributed by atoms with Crippen LogP contribution in [0.5, 0.6) is 11.5 Å². The van der Waals surface area contributed by atoms with Crippen LogP contribution in [0.2, 0.25) is 0 Å². The number of carbonyl (C=O) groups is 1. The SMILES string of the molecule is O=C(O)C(O)(c1ccccc1O)c1ccccc1O. The molecule has 98 valence electrons. The maximum absolute atomic E-state index is 11.5. The zero-order valence-corrected chi connectivity index (χ0v) is 9.82. The molecule has 0 atom stereocenters. The van der Waals surface area contributed by atoms with Gasteiger partial charge in [0.15, 0.2) is 0 Å². The van der Waals surface area contributed by atoms with Crippen molar-refractivity contribution in [1.29, 1.82) is 0 Å². The number of phenols is 2. The second kappa shape index (κ2) is 4.62. The molecule has 0 unspecified atom stereocenters. The maximum Gasteiger partial charge on any atom is 0.345 e. The van der Waals surface area contributed by atoms with Crippen molar-refractivity contribution < 1.29 is 25.2 Å². The van der Waals surface area contributed by atoms with Crippen molar-refractivity contribution in [1.82, 2.24) is 0 Å². The first-order valence-corrected chi connectivity index (χ1v) is 5.50. The van der Waals surface area contributed by atoms with E-state index in [-0.39, 0.29) is 22.6 Å². The van der Waals surface area contributed by atoms with Gasteiger partial charge in [-0.2, -0.15) is 0 Å². The summed E-state index contributed by atoms with van der Waals surface area (Å²) in [5.41, 5.74) is -2.93. The van der Waals surface area contributed by atoms with Crippen LogP contribution in [0.3, 0.4) is 0 Å². The van der Waals surface area contributed by atoms with Crippen molar-refractivity contribution in [2.45, 2.75) is 5.60 Å². The van der Waals surface area contributed by atoms with Gasteiger partial charge in [-0.3, -0.25) is 0 Å². The fourth-order valence-electron chi connectivity index (χ4n) is 1.93. The highest BCUT2D eigenvalue weighted by atomic mass is 16.4. The number of aromatic hydroxyl groups is 2. The van der Waals surface area contributed by atoms with Crippen LogP contribution in [0.1, 0.15) is 11.1 Å². The fraction of sp³-hybridized carbons (Fsp3) is 0.0714. The van der Waals surface area contributed by atoms with Gasteiger partial charge in [-0.05, 0) is 12.1 Å². The zero-order valence-electron chi connectivity index (χ0n) is 9.82. The molecule has 2 aromatic carbocycles. The van der Waals surface area contributed by atoms with Gasteiger partial charge in [0.2, 0.25) is 5.60 Å². The molecule has 0 aliphatic rings. The van der Waals surface area contributed by atoms with Crippen LogP contribution in [0.4, 0.5) is 0 Å². The molecule has 0 fully saturated rings. The van der Waals surface area contributed by atoms with Gasteiger partial charge in [-0.1, -0.05) is 36.4 Å². The molecule has 0 amide bonds. The quantitative estimate of drug-likeness (QED) is 0.669. The van der Waals surface area contributed by atoms with E-state index in [2.05, 4.69) is 0 Å². The van der Waals surface area contributed by atoms with Gasteiger partial charge in [-0.15, -0.1) is 0 Å². The molecule has 0 bridgehead atoms. The number of rotatable bonds is 3. The first-order chi connectivity index (χ1) is 8.98. The molecule has 0 aliphatic carbocycles. The van der Waals surface area contributed by atoms with Crippen LogP contribution in [0.15, 0.2) is 48.5 Å². The van der Waals surface area contributed by atoms with Crippen molar-refractivity contribution in [3.8, 4) is 11.5 Å². The van der Waals surface area contributed by atoms with Gasteiger partial charge in [-0.25, -0.2) is 4.79 Å². The van der Waals surface area contributed by atoms with Crippen LogP contribution < -0.4 is 0 Å². The third-order valence-electron chi connectivity index (χ3n) is 2.90. The van der Waals surface area contributed by atoms with E-state index >= 15 is 0 Å². The molecule has 19 heavy (non-hydrogen) atoms. The van der Waals surface area contributed by atoms with E-state index in [0.717, 1.165) is 0 Å². The Labute approximate surface area is 109 Å². The summed E-state index contributed by atoms with van der Waals surface area (Å²) < 4.78 is 0. The van der Waals surface area contributed by atoms with Crippen molar-refractivity contribution >= 4 is 5.97 Å². The average molecular weight is 260 g/mol. The standard InChI is InChI=1S/C14H12O5/c15-11-7-3-1-5-9(11)14(19,13(17)18)10-6-2-4-8-12(10)16/h1-8,15-16,19H,(H,17,18). The molecule has 5 heteroatoms. The number of benzene rings is 2. The van der Waals surface area contributed by atoms with Crippen LogP contribution in [-0.2, 0) is 10.4 Å². The van der Waals surface area contributed by atoms with Crippen LogP contribution in [0, 0.1) is 0 Å². The van der Waals surface area contributed by atoms with E-state index < -0.39 is 11.6 Å². The lowest BCUT2D eigenvalue weighted by Gasteiger charge is -2.25. The molecule has 2 rings (SSSR count). The Morgan fingerprint density at radius 1 is 0.842 bits per heavy atom. The Morgan fingerprint density at radius 2 is 1.21 bits per heavy atom. The molecule has 2 aromatic rings. The average Bonchev–Trinajstić information content (AvgIpc) is 2.38. The molecule has 4 N–H and O–H groups in total. The predicted octanol–water partition coefficient (Wildman–Crippen LogP) is 1.42. The lowest BCUT2D eigenvalue weighted by Crippen LogP contribution is -2.36. The van der Waals surface area contributed by atoms with Crippen LogP contribution in [0.25, 0.3) is 0 Å². The third-order valence-corrected chi connectivity index (χ3v) is 2.90. The number of carboxylic acids is 1. The Hall–Kier alpha value is -2.53. The first-order valence-electron chi connectivity index (χ1n) is 5.50. The molecule has 0 saturated heterocycles. The van der Waals surface area contributed by atoms with E-state index in [4.69, 9.17) is 0 Å². The Balaban J connectivity index is 2.73. The summed E-state index contributed by atoms with van der Waals surface area (Å²) in [5.74, 6) is -2.32. The molecule has 0 heterocycles. The topological polar surface area (TPSA) is 98.0 Å². The van der Waals surface area contributed by atoms with Gasteiger partial charge in [0, 0.05) is 11.1 Å².